The fraction of sp³-hybridized carbons (Fsp3) is 0.946. The van der Waals surface area contributed by atoms with Gasteiger partial charge in [-0.3, -0.25) is 4.79 Å². The van der Waals surface area contributed by atoms with E-state index in [2.05, 4.69) is 0 Å². The van der Waals surface area contributed by atoms with Gasteiger partial charge in [-0.15, -0.1) is 0 Å². The van der Waals surface area contributed by atoms with E-state index in [1.54, 1.807) is 34.6 Å². The highest BCUT2D eigenvalue weighted by Gasteiger charge is 2.54. The molecule has 0 amide bonds. The molecule has 18 atom stereocenters. The molecule has 2 unspecified atom stereocenters. The summed E-state index contributed by atoms with van der Waals surface area (Å²) in [6, 6.07) is -0.725. The summed E-state index contributed by atoms with van der Waals surface area (Å²) in [5.74, 6) is -2.40. The van der Waals surface area contributed by atoms with Crippen LogP contribution >= 0.6 is 0 Å². The number of nitrogens with zero attached hydrogens (tertiary/aromatic N) is 2. The van der Waals surface area contributed by atoms with E-state index in [0.717, 1.165) is 0 Å². The maximum absolute atomic E-state index is 14.2. The second kappa shape index (κ2) is 16.1. The quantitative estimate of drug-likeness (QED) is 0.281. The lowest BCUT2D eigenvalue weighted by Gasteiger charge is -2.49. The third kappa shape index (κ3) is 8.76. The number of aliphatic hydroxyl groups excluding tert-OH is 2. The van der Waals surface area contributed by atoms with Crippen LogP contribution in [0.1, 0.15) is 94.9 Å². The Morgan fingerprint density at radius 3 is 2.20 bits per heavy atom. The number of esters is 1. The minimum absolute atomic E-state index is 0.117. The van der Waals surface area contributed by atoms with Gasteiger partial charge in [0.05, 0.1) is 47.6 Å². The zero-order valence-corrected chi connectivity index (χ0v) is 32.9. The summed E-state index contributed by atoms with van der Waals surface area (Å²) in [6.45, 7) is 17.7. The molecule has 2 bridgehead atoms. The van der Waals surface area contributed by atoms with Crippen LogP contribution in [-0.4, -0.2) is 149 Å². The molecule has 0 spiro atoms. The van der Waals surface area contributed by atoms with Crippen molar-refractivity contribution in [3.8, 4) is 0 Å². The lowest BCUT2D eigenvalue weighted by atomic mass is 9.77. The molecular formula is C37H66N2O12. The second-order valence-corrected chi connectivity index (χ2v) is 16.6. The maximum atomic E-state index is 14.2. The van der Waals surface area contributed by atoms with Gasteiger partial charge in [-0.1, -0.05) is 20.8 Å². The van der Waals surface area contributed by atoms with E-state index in [1.807, 2.05) is 53.6 Å². The molecule has 4 heterocycles. The number of methoxy groups -OCH3 is 1. The molecule has 0 aromatic heterocycles. The van der Waals surface area contributed by atoms with E-state index in [4.69, 9.17) is 38.2 Å². The number of cyclic esters (lactones) is 1. The minimum Gasteiger partial charge on any atom is -0.472 e. The fourth-order valence-corrected chi connectivity index (χ4v) is 8.66. The number of carbonyl (C=O) groups is 1. The highest BCUT2D eigenvalue weighted by Crippen LogP contribution is 2.41. The largest absolute Gasteiger partial charge is 0.472 e. The smallest absolute Gasteiger partial charge is 0.311 e. The van der Waals surface area contributed by atoms with Crippen molar-refractivity contribution in [1.82, 2.24) is 4.90 Å². The molecule has 296 valence electrons. The number of hydrogen-bond acceptors (Lipinski definition) is 14. The summed E-state index contributed by atoms with van der Waals surface area (Å²) in [7, 11) is 5.28. The molecule has 0 aromatic carbocycles. The number of likely N-dealkylation sites (N-methyl/N-ethyl adjacent to an activating group) is 1. The van der Waals surface area contributed by atoms with Gasteiger partial charge in [-0.05, 0) is 81.8 Å². The Morgan fingerprint density at radius 2 is 1.61 bits per heavy atom. The third-order valence-corrected chi connectivity index (χ3v) is 11.8. The second-order valence-electron chi connectivity index (χ2n) is 16.6. The Hall–Kier alpha value is -1.46. The number of aliphatic imine (C=N–C) groups is 1. The monoisotopic (exact) mass is 730 g/mol. The molecule has 3 fully saturated rings. The topological polar surface area (TPSA) is 178 Å². The van der Waals surface area contributed by atoms with Gasteiger partial charge >= 0.3 is 5.97 Å². The molecule has 3 saturated heterocycles. The van der Waals surface area contributed by atoms with Crippen LogP contribution in [0, 0.1) is 17.8 Å². The standard InChI is InChI=1S/C37H66N2O12/c1-14-25-37(10,44)31-22(6)38-32(50-31)18(2)16-35(8,43)30(51-34-27(40)24(39(11)12)15-19(3)46-34)20(4)28(21(5)33(42)48-25)49-26-17-36(9,45-13)29(41)23(7)47-26/h18-31,34,40-41,43-44H,14-17H2,1-13H3/t18-,19+,20-,21+,22+,23-,24-,25?,26-,27+,28?,29-,30+,31+,34-,35+,36+,37+/m0/s1. The average Bonchev–Trinajstić information content (AvgIpc) is 3.46. The van der Waals surface area contributed by atoms with Crippen LogP contribution in [0.3, 0.4) is 0 Å². The van der Waals surface area contributed by atoms with E-state index in [0.29, 0.717) is 18.7 Å². The van der Waals surface area contributed by atoms with Gasteiger partial charge in [0.25, 0.3) is 0 Å². The van der Waals surface area contributed by atoms with Crippen molar-refractivity contribution in [2.75, 3.05) is 21.2 Å². The van der Waals surface area contributed by atoms with Crippen molar-refractivity contribution in [3.05, 3.63) is 0 Å². The molecule has 4 N–H and O–H groups in total. The molecule has 14 heteroatoms. The van der Waals surface area contributed by atoms with Crippen LogP contribution in [0.25, 0.3) is 0 Å². The summed E-state index contributed by atoms with van der Waals surface area (Å²) in [5, 5.41) is 46.8. The number of rotatable bonds is 7. The summed E-state index contributed by atoms with van der Waals surface area (Å²) < 4.78 is 43.9. The fourth-order valence-electron chi connectivity index (χ4n) is 8.66. The maximum Gasteiger partial charge on any atom is 0.311 e. The van der Waals surface area contributed by atoms with E-state index in [-0.39, 0.29) is 25.0 Å². The van der Waals surface area contributed by atoms with Crippen molar-refractivity contribution in [2.45, 2.75) is 185 Å². The molecule has 4 aliphatic rings. The molecule has 51 heavy (non-hydrogen) atoms. The van der Waals surface area contributed by atoms with Crippen LogP contribution in [0.4, 0.5) is 0 Å². The predicted molar refractivity (Wildman–Crippen MR) is 188 cm³/mol. The Balaban J connectivity index is 1.82. The summed E-state index contributed by atoms with van der Waals surface area (Å²) in [5.41, 5.74) is -4.22. The van der Waals surface area contributed by atoms with Crippen molar-refractivity contribution >= 4 is 11.9 Å². The van der Waals surface area contributed by atoms with Crippen molar-refractivity contribution in [2.24, 2.45) is 22.7 Å². The van der Waals surface area contributed by atoms with Gasteiger partial charge in [-0.2, -0.15) is 0 Å². The molecule has 0 radical (unpaired) electrons. The van der Waals surface area contributed by atoms with E-state index >= 15 is 0 Å². The SMILES string of the molecule is CCC1OC(=O)[C@H](C)C(O[C@H]2C[C@@](C)(OC)[C@@H](O)[C@H](C)O2)[C@H](C)[C@@H](O[C@@H]2O[C@H](C)C[C@H](N(C)C)[C@H]2O)[C@](C)(O)C[C@H](C)C2=N[C@H](C)[C@@H](O2)[C@]1(C)O. The highest BCUT2D eigenvalue weighted by molar-refractivity contribution is 5.80. The molecule has 0 aromatic rings. The normalized spacial score (nSPS) is 50.3. The first-order valence-electron chi connectivity index (χ1n) is 18.7. The Bertz CT molecular complexity index is 1220. The third-order valence-electron chi connectivity index (χ3n) is 11.8. The van der Waals surface area contributed by atoms with Gasteiger partial charge < -0.3 is 58.5 Å². The van der Waals surface area contributed by atoms with Crippen LogP contribution < -0.4 is 0 Å². The first-order chi connectivity index (χ1) is 23.6. The van der Waals surface area contributed by atoms with E-state index in [9.17, 15) is 25.2 Å². The number of carbonyl (C=O) groups excluding carboxylic acids is 1. The van der Waals surface area contributed by atoms with Crippen LogP contribution in [0.15, 0.2) is 4.99 Å². The molecule has 4 rings (SSSR count). The number of hydrogen-bond donors (Lipinski definition) is 4. The summed E-state index contributed by atoms with van der Waals surface area (Å²) in [4.78, 5) is 20.9. The minimum atomic E-state index is -1.62. The summed E-state index contributed by atoms with van der Waals surface area (Å²) in [6.07, 6.45) is -7.58. The molecule has 14 nitrogen and oxygen atoms in total. The van der Waals surface area contributed by atoms with Crippen molar-refractivity contribution in [3.63, 3.8) is 0 Å². The highest BCUT2D eigenvalue weighted by atomic mass is 16.7. The van der Waals surface area contributed by atoms with Crippen molar-refractivity contribution < 1.29 is 58.4 Å². The van der Waals surface area contributed by atoms with Gasteiger partial charge in [0.15, 0.2) is 24.6 Å². The zero-order chi connectivity index (χ0) is 38.4. The first kappa shape index (κ1) is 42.3. The molecule has 4 aliphatic heterocycles. The van der Waals surface area contributed by atoms with E-state index < -0.39 is 102 Å². The van der Waals surface area contributed by atoms with Crippen molar-refractivity contribution in [1.29, 1.82) is 0 Å². The van der Waals surface area contributed by atoms with Crippen LogP contribution in [0.2, 0.25) is 0 Å². The van der Waals surface area contributed by atoms with Crippen LogP contribution in [-0.2, 0) is 38.0 Å². The Kier molecular flexibility index (Phi) is 13.4. The predicted octanol–water partition coefficient (Wildman–Crippen LogP) is 2.41. The van der Waals surface area contributed by atoms with Gasteiger partial charge in [-0.25, -0.2) is 4.99 Å². The average molecular weight is 731 g/mol. The van der Waals surface area contributed by atoms with Gasteiger partial charge in [0, 0.05) is 31.4 Å². The lowest BCUT2D eigenvalue weighted by molar-refractivity contribution is -0.318. The summed E-state index contributed by atoms with van der Waals surface area (Å²) >= 11 is 0. The zero-order valence-electron chi connectivity index (χ0n) is 32.9. The van der Waals surface area contributed by atoms with Crippen LogP contribution in [0.5, 0.6) is 0 Å². The lowest BCUT2D eigenvalue weighted by Crippen LogP contribution is -2.61. The van der Waals surface area contributed by atoms with Gasteiger partial charge in [0.1, 0.15) is 23.9 Å². The Labute approximate surface area is 304 Å². The first-order valence-corrected chi connectivity index (χ1v) is 18.7. The molecule has 0 aliphatic carbocycles. The number of fused-ring (bicyclic) bond motifs is 2. The van der Waals surface area contributed by atoms with Gasteiger partial charge in [0.2, 0.25) is 0 Å². The number of ether oxygens (including phenoxy) is 7. The molecule has 0 saturated carbocycles. The van der Waals surface area contributed by atoms with E-state index in [1.165, 1.54) is 7.11 Å². The number of aliphatic hydroxyl groups is 4. The molecular weight excluding hydrogens is 664 g/mol. The Morgan fingerprint density at radius 1 is 0.961 bits per heavy atom.